The Kier molecular flexibility index (Phi) is 4.80. The first kappa shape index (κ1) is 16.7. The topological polar surface area (TPSA) is 93.1 Å². The van der Waals surface area contributed by atoms with Crippen LogP contribution in [0.25, 0.3) is 0 Å². The van der Waals surface area contributed by atoms with Crippen LogP contribution in [-0.2, 0) is 0 Å². The maximum Gasteiger partial charge on any atom is 0.260 e. The summed E-state index contributed by atoms with van der Waals surface area (Å²) >= 11 is 0. The number of nitrogens with one attached hydrogen (secondary N) is 1. The van der Waals surface area contributed by atoms with Gasteiger partial charge < -0.3 is 14.8 Å². The number of nitrogens with zero attached hydrogens (tertiary/aromatic N) is 4. The lowest BCUT2D eigenvalue weighted by Gasteiger charge is -2.23. The van der Waals surface area contributed by atoms with Crippen LogP contribution < -0.4 is 10.5 Å². The van der Waals surface area contributed by atoms with E-state index in [0.717, 1.165) is 12.1 Å². The summed E-state index contributed by atoms with van der Waals surface area (Å²) in [5, 5.41) is 9.24. The van der Waals surface area contributed by atoms with Crippen LogP contribution in [0.2, 0.25) is 0 Å². The summed E-state index contributed by atoms with van der Waals surface area (Å²) in [6.07, 6.45) is 2.41. The molecule has 0 bridgehead atoms. The largest absolute Gasteiger partial charge is 0.354 e. The van der Waals surface area contributed by atoms with E-state index in [9.17, 15) is 14.9 Å². The number of aromatic amines is 1. The van der Waals surface area contributed by atoms with E-state index in [4.69, 9.17) is 0 Å². The van der Waals surface area contributed by atoms with Gasteiger partial charge >= 0.3 is 0 Å². The number of aryl methyl sites for hydroxylation is 1. The summed E-state index contributed by atoms with van der Waals surface area (Å²) in [6.45, 7) is 4.10. The summed E-state index contributed by atoms with van der Waals surface area (Å²) in [6, 6.07) is 8.93. The summed E-state index contributed by atoms with van der Waals surface area (Å²) in [5.74, 6) is 0.386. The third kappa shape index (κ3) is 3.53. The number of pyridine rings is 2. The van der Waals surface area contributed by atoms with Crippen molar-refractivity contribution in [3.8, 4) is 6.07 Å². The fraction of sp³-hybridized carbons (Fsp3) is 0.333. The monoisotopic (exact) mass is 337 g/mol. The van der Waals surface area contributed by atoms with Gasteiger partial charge in [-0.2, -0.15) is 5.26 Å². The Hall–Kier alpha value is -3.14. The second-order valence-electron chi connectivity index (χ2n) is 6.00. The van der Waals surface area contributed by atoms with Crippen LogP contribution in [0.4, 0.5) is 5.82 Å². The number of hydrogen-bond donors (Lipinski definition) is 1. The Morgan fingerprint density at radius 2 is 2.08 bits per heavy atom. The zero-order chi connectivity index (χ0) is 17.8. The van der Waals surface area contributed by atoms with Crippen molar-refractivity contribution in [3.63, 3.8) is 0 Å². The molecule has 25 heavy (non-hydrogen) atoms. The molecule has 1 amide bonds. The van der Waals surface area contributed by atoms with Crippen molar-refractivity contribution < 1.29 is 4.79 Å². The van der Waals surface area contributed by atoms with E-state index in [-0.39, 0.29) is 17.0 Å². The first-order chi connectivity index (χ1) is 12.1. The van der Waals surface area contributed by atoms with Crippen molar-refractivity contribution >= 4 is 11.7 Å². The minimum Gasteiger partial charge on any atom is -0.354 e. The minimum atomic E-state index is -0.359. The molecule has 0 spiro atoms. The maximum atomic E-state index is 12.7. The average Bonchev–Trinajstić information content (AvgIpc) is 2.87. The lowest BCUT2D eigenvalue weighted by atomic mass is 10.2. The van der Waals surface area contributed by atoms with Crippen molar-refractivity contribution in [2.75, 3.05) is 31.1 Å². The van der Waals surface area contributed by atoms with Gasteiger partial charge in [0.2, 0.25) is 0 Å². The highest BCUT2D eigenvalue weighted by molar-refractivity contribution is 5.93. The van der Waals surface area contributed by atoms with Crippen LogP contribution in [0.1, 0.15) is 28.0 Å². The fourth-order valence-corrected chi connectivity index (χ4v) is 2.98. The number of nitriles is 1. The molecule has 1 N–H and O–H groups in total. The molecular formula is C18H19N5O2. The summed E-state index contributed by atoms with van der Waals surface area (Å²) in [4.78, 5) is 35.4. The average molecular weight is 337 g/mol. The molecule has 0 aromatic carbocycles. The molecule has 1 aliphatic heterocycles. The molecule has 0 atom stereocenters. The lowest BCUT2D eigenvalue weighted by molar-refractivity contribution is 0.0765. The third-order valence-electron chi connectivity index (χ3n) is 4.28. The molecule has 128 valence electrons. The Bertz CT molecular complexity index is 884. The van der Waals surface area contributed by atoms with Crippen LogP contribution in [0.5, 0.6) is 0 Å². The third-order valence-corrected chi connectivity index (χ3v) is 4.28. The van der Waals surface area contributed by atoms with Crippen LogP contribution in [0, 0.1) is 18.3 Å². The van der Waals surface area contributed by atoms with Gasteiger partial charge in [0, 0.05) is 38.1 Å². The Morgan fingerprint density at radius 3 is 2.84 bits per heavy atom. The Balaban J connectivity index is 1.76. The number of anilines is 1. The van der Waals surface area contributed by atoms with Crippen LogP contribution in [0.3, 0.4) is 0 Å². The molecule has 0 radical (unpaired) electrons. The molecule has 1 saturated heterocycles. The van der Waals surface area contributed by atoms with Crippen molar-refractivity contribution in [2.45, 2.75) is 13.3 Å². The van der Waals surface area contributed by atoms with E-state index in [1.54, 1.807) is 42.3 Å². The summed E-state index contributed by atoms with van der Waals surface area (Å²) in [5.41, 5.74) is 1.05. The molecule has 1 aliphatic rings. The number of rotatable bonds is 2. The van der Waals surface area contributed by atoms with E-state index >= 15 is 0 Å². The molecule has 7 nitrogen and oxygen atoms in total. The zero-order valence-electron chi connectivity index (χ0n) is 14.0. The number of hydrogen-bond acceptors (Lipinski definition) is 5. The normalized spacial score (nSPS) is 14.7. The number of carbonyl (C=O) groups is 1. The molecule has 7 heteroatoms. The minimum absolute atomic E-state index is 0.162. The highest BCUT2D eigenvalue weighted by Crippen LogP contribution is 2.18. The van der Waals surface area contributed by atoms with Gasteiger partial charge in [0.15, 0.2) is 0 Å². The predicted octanol–water partition coefficient (Wildman–Crippen LogP) is 1.30. The summed E-state index contributed by atoms with van der Waals surface area (Å²) in [7, 11) is 0. The molecule has 0 unspecified atom stereocenters. The molecule has 3 heterocycles. The van der Waals surface area contributed by atoms with Gasteiger partial charge in [0.05, 0.1) is 5.56 Å². The first-order valence-electron chi connectivity index (χ1n) is 8.19. The number of aromatic nitrogens is 2. The molecule has 0 saturated carbocycles. The molecule has 3 rings (SSSR count). The van der Waals surface area contributed by atoms with Crippen molar-refractivity contribution in [3.05, 3.63) is 57.6 Å². The van der Waals surface area contributed by atoms with Crippen LogP contribution in [-0.4, -0.2) is 47.0 Å². The highest BCUT2D eigenvalue weighted by atomic mass is 16.2. The second-order valence-corrected chi connectivity index (χ2v) is 6.00. The lowest BCUT2D eigenvalue weighted by Crippen LogP contribution is -2.38. The Labute approximate surface area is 145 Å². The van der Waals surface area contributed by atoms with E-state index in [1.807, 2.05) is 4.90 Å². The molecule has 2 aromatic heterocycles. The standard InChI is InChI=1S/C18H19N5O2/c1-13-5-6-15(17(24)21-13)18(25)23-9-3-8-22(10-11-23)16-14(12-19)4-2-7-20-16/h2,4-7H,3,8-11H2,1H3,(H,21,24). The number of carbonyl (C=O) groups excluding carboxylic acids is 1. The van der Waals surface area contributed by atoms with Gasteiger partial charge in [-0.3, -0.25) is 9.59 Å². The fourth-order valence-electron chi connectivity index (χ4n) is 2.98. The molecule has 0 aliphatic carbocycles. The molecule has 2 aromatic rings. The molecular weight excluding hydrogens is 318 g/mol. The number of H-pyrrole nitrogens is 1. The van der Waals surface area contributed by atoms with Crippen molar-refractivity contribution in [1.29, 1.82) is 5.26 Å². The SMILES string of the molecule is Cc1ccc(C(=O)N2CCCN(c3ncccc3C#N)CC2)c(=O)[nH]1. The van der Waals surface area contributed by atoms with Gasteiger partial charge in [-0.25, -0.2) is 4.98 Å². The van der Waals surface area contributed by atoms with E-state index in [2.05, 4.69) is 16.0 Å². The van der Waals surface area contributed by atoms with Gasteiger partial charge in [-0.15, -0.1) is 0 Å². The van der Waals surface area contributed by atoms with Gasteiger partial charge in [0.1, 0.15) is 17.5 Å². The Morgan fingerprint density at radius 1 is 1.24 bits per heavy atom. The van der Waals surface area contributed by atoms with E-state index in [1.165, 1.54) is 0 Å². The van der Waals surface area contributed by atoms with Gasteiger partial charge in [0.25, 0.3) is 11.5 Å². The van der Waals surface area contributed by atoms with Gasteiger partial charge in [-0.05, 0) is 37.6 Å². The maximum absolute atomic E-state index is 12.7. The predicted molar refractivity (Wildman–Crippen MR) is 93.5 cm³/mol. The summed E-state index contributed by atoms with van der Waals surface area (Å²) < 4.78 is 0. The van der Waals surface area contributed by atoms with E-state index < -0.39 is 0 Å². The van der Waals surface area contributed by atoms with Crippen molar-refractivity contribution in [1.82, 2.24) is 14.9 Å². The highest BCUT2D eigenvalue weighted by Gasteiger charge is 2.23. The number of amides is 1. The molecule has 1 fully saturated rings. The first-order valence-corrected chi connectivity index (χ1v) is 8.19. The smallest absolute Gasteiger partial charge is 0.260 e. The van der Waals surface area contributed by atoms with E-state index in [0.29, 0.717) is 37.6 Å². The van der Waals surface area contributed by atoms with Crippen molar-refractivity contribution in [2.24, 2.45) is 0 Å². The van der Waals surface area contributed by atoms with Crippen LogP contribution >= 0.6 is 0 Å². The van der Waals surface area contributed by atoms with Gasteiger partial charge in [-0.1, -0.05) is 0 Å². The quantitative estimate of drug-likeness (QED) is 0.891. The van der Waals surface area contributed by atoms with Crippen LogP contribution in [0.15, 0.2) is 35.3 Å². The second kappa shape index (κ2) is 7.18. The zero-order valence-corrected chi connectivity index (χ0v) is 14.0.